The van der Waals surface area contributed by atoms with E-state index in [4.69, 9.17) is 15.6 Å². The zero-order valence-electron chi connectivity index (χ0n) is 9.28. The van der Waals surface area contributed by atoms with E-state index >= 15 is 0 Å². The maximum absolute atomic E-state index is 13.3. The summed E-state index contributed by atoms with van der Waals surface area (Å²) in [7, 11) is 0. The SMILES string of the molecule is C=C1[C@H](CO)O[C@H](n2cc(F)c(N)nc2=O)[C@@H]1O. The minimum atomic E-state index is -1.23. The Morgan fingerprint density at radius 1 is 1.67 bits per heavy atom. The van der Waals surface area contributed by atoms with Crippen LogP contribution in [-0.2, 0) is 4.74 Å². The number of nitrogen functional groups attached to an aromatic ring is 1. The lowest BCUT2D eigenvalue weighted by atomic mass is 10.1. The molecule has 1 aliphatic heterocycles. The molecule has 2 rings (SSSR count). The Kier molecular flexibility index (Phi) is 3.16. The van der Waals surface area contributed by atoms with Crippen LogP contribution in [-0.4, -0.2) is 38.6 Å². The molecule has 98 valence electrons. The van der Waals surface area contributed by atoms with Crippen LogP contribution in [0.4, 0.5) is 10.2 Å². The number of aliphatic hydroxyl groups is 2. The third-order valence-corrected chi connectivity index (χ3v) is 2.74. The number of nitrogens with zero attached hydrogens (tertiary/aromatic N) is 2. The highest BCUT2D eigenvalue weighted by molar-refractivity contribution is 5.27. The molecule has 0 bridgehead atoms. The van der Waals surface area contributed by atoms with Gasteiger partial charge in [-0.3, -0.25) is 4.57 Å². The van der Waals surface area contributed by atoms with Crippen LogP contribution in [0.3, 0.4) is 0 Å². The first kappa shape index (κ1) is 12.7. The van der Waals surface area contributed by atoms with Crippen molar-refractivity contribution in [3.63, 3.8) is 0 Å². The summed E-state index contributed by atoms with van der Waals surface area (Å²) in [6, 6.07) is 0. The summed E-state index contributed by atoms with van der Waals surface area (Å²) in [5, 5.41) is 18.8. The lowest BCUT2D eigenvalue weighted by molar-refractivity contribution is -0.0531. The van der Waals surface area contributed by atoms with Gasteiger partial charge < -0.3 is 20.7 Å². The molecule has 2 heterocycles. The number of rotatable bonds is 2. The van der Waals surface area contributed by atoms with Gasteiger partial charge >= 0.3 is 5.69 Å². The molecule has 3 atom stereocenters. The third kappa shape index (κ3) is 1.90. The van der Waals surface area contributed by atoms with Gasteiger partial charge in [0.05, 0.1) is 12.8 Å². The molecule has 7 nitrogen and oxygen atoms in total. The quantitative estimate of drug-likeness (QED) is 0.572. The van der Waals surface area contributed by atoms with Gasteiger partial charge in [-0.1, -0.05) is 6.58 Å². The molecular formula is C10H12FN3O4. The first-order valence-corrected chi connectivity index (χ1v) is 5.13. The Bertz CT molecular complexity index is 544. The average molecular weight is 257 g/mol. The Labute approximate surface area is 101 Å². The van der Waals surface area contributed by atoms with Crippen molar-refractivity contribution in [1.82, 2.24) is 9.55 Å². The van der Waals surface area contributed by atoms with E-state index < -0.39 is 42.4 Å². The van der Waals surface area contributed by atoms with E-state index in [0.29, 0.717) is 0 Å². The standard InChI is InChI=1S/C10H12FN3O4/c1-4-6(3-15)18-9(7(4)16)14-2-5(11)8(12)13-10(14)17/h2,6-7,9,15-16H,1,3H2,(H2,12,13,17)/t6-,7+,9-/m0/s1. The van der Waals surface area contributed by atoms with E-state index in [1.54, 1.807) is 0 Å². The number of aromatic nitrogens is 2. The van der Waals surface area contributed by atoms with E-state index in [9.17, 15) is 14.3 Å². The summed E-state index contributed by atoms with van der Waals surface area (Å²) >= 11 is 0. The second-order valence-electron chi connectivity index (χ2n) is 3.88. The highest BCUT2D eigenvalue weighted by atomic mass is 19.1. The van der Waals surface area contributed by atoms with Gasteiger partial charge in [0.1, 0.15) is 12.2 Å². The Hall–Kier alpha value is -1.77. The molecule has 0 spiro atoms. The van der Waals surface area contributed by atoms with Crippen LogP contribution in [0.25, 0.3) is 0 Å². The predicted molar refractivity (Wildman–Crippen MR) is 59.0 cm³/mol. The molecule has 1 aliphatic rings. The van der Waals surface area contributed by atoms with Crippen LogP contribution < -0.4 is 11.4 Å². The van der Waals surface area contributed by atoms with Crippen molar-refractivity contribution in [3.8, 4) is 0 Å². The Morgan fingerprint density at radius 2 is 2.33 bits per heavy atom. The monoisotopic (exact) mass is 257 g/mol. The number of halogens is 1. The fourth-order valence-electron chi connectivity index (χ4n) is 1.72. The van der Waals surface area contributed by atoms with Crippen LogP contribution in [0.1, 0.15) is 6.23 Å². The zero-order chi connectivity index (χ0) is 13.4. The lowest BCUT2D eigenvalue weighted by Gasteiger charge is -2.16. The van der Waals surface area contributed by atoms with Gasteiger partial charge in [-0.05, 0) is 5.57 Å². The van der Waals surface area contributed by atoms with Crippen LogP contribution in [0, 0.1) is 5.82 Å². The number of nitrogens with two attached hydrogens (primary N) is 1. The van der Waals surface area contributed by atoms with Gasteiger partial charge in [-0.15, -0.1) is 0 Å². The van der Waals surface area contributed by atoms with Crippen LogP contribution >= 0.6 is 0 Å². The van der Waals surface area contributed by atoms with E-state index in [1.165, 1.54) is 0 Å². The highest BCUT2D eigenvalue weighted by Gasteiger charge is 2.39. The van der Waals surface area contributed by atoms with Crippen LogP contribution in [0.2, 0.25) is 0 Å². The molecule has 0 aliphatic carbocycles. The number of anilines is 1. The van der Waals surface area contributed by atoms with Crippen molar-refractivity contribution in [1.29, 1.82) is 0 Å². The van der Waals surface area contributed by atoms with Crippen molar-refractivity contribution in [2.75, 3.05) is 12.3 Å². The van der Waals surface area contributed by atoms with Gasteiger partial charge in [-0.25, -0.2) is 9.18 Å². The molecule has 1 aromatic heterocycles. The van der Waals surface area contributed by atoms with Gasteiger partial charge in [0.2, 0.25) is 0 Å². The number of aliphatic hydroxyl groups excluding tert-OH is 2. The van der Waals surface area contributed by atoms with Crippen LogP contribution in [0.15, 0.2) is 23.1 Å². The molecule has 8 heteroatoms. The molecule has 0 radical (unpaired) electrons. The maximum atomic E-state index is 13.3. The second-order valence-corrected chi connectivity index (χ2v) is 3.88. The normalized spacial score (nSPS) is 27.7. The molecule has 1 saturated heterocycles. The molecule has 18 heavy (non-hydrogen) atoms. The molecule has 0 amide bonds. The summed E-state index contributed by atoms with van der Waals surface area (Å²) in [5.41, 5.74) is 4.50. The molecule has 1 aromatic rings. The van der Waals surface area contributed by atoms with E-state index in [0.717, 1.165) is 10.8 Å². The van der Waals surface area contributed by atoms with Crippen molar-refractivity contribution < 1.29 is 19.3 Å². The lowest BCUT2D eigenvalue weighted by Crippen LogP contribution is -2.33. The fourth-order valence-corrected chi connectivity index (χ4v) is 1.72. The molecule has 4 N–H and O–H groups in total. The number of hydrogen-bond acceptors (Lipinski definition) is 6. The molecular weight excluding hydrogens is 245 g/mol. The summed E-state index contributed by atoms with van der Waals surface area (Å²) in [4.78, 5) is 14.8. The van der Waals surface area contributed by atoms with E-state index in [2.05, 4.69) is 11.6 Å². The summed E-state index contributed by atoms with van der Waals surface area (Å²) < 4.78 is 19.2. The van der Waals surface area contributed by atoms with E-state index in [1.807, 2.05) is 0 Å². The average Bonchev–Trinajstić information content (AvgIpc) is 2.61. The Morgan fingerprint density at radius 3 is 2.89 bits per heavy atom. The maximum Gasteiger partial charge on any atom is 0.351 e. The smallest absolute Gasteiger partial charge is 0.351 e. The van der Waals surface area contributed by atoms with Crippen LogP contribution in [0.5, 0.6) is 0 Å². The minimum Gasteiger partial charge on any atom is -0.393 e. The van der Waals surface area contributed by atoms with Gasteiger partial charge in [-0.2, -0.15) is 4.98 Å². The first-order chi connectivity index (χ1) is 8.45. The Balaban J connectivity index is 2.42. The summed E-state index contributed by atoms with van der Waals surface area (Å²) in [6.45, 7) is 3.15. The van der Waals surface area contributed by atoms with Crippen molar-refractivity contribution in [2.45, 2.75) is 18.4 Å². The molecule has 0 saturated carbocycles. The zero-order valence-corrected chi connectivity index (χ0v) is 9.28. The van der Waals surface area contributed by atoms with Gasteiger partial charge in [0, 0.05) is 0 Å². The molecule has 0 unspecified atom stereocenters. The largest absolute Gasteiger partial charge is 0.393 e. The van der Waals surface area contributed by atoms with Crippen molar-refractivity contribution >= 4 is 5.82 Å². The topological polar surface area (TPSA) is 111 Å². The fraction of sp³-hybridized carbons (Fsp3) is 0.400. The summed E-state index contributed by atoms with van der Waals surface area (Å²) in [5.74, 6) is -1.43. The van der Waals surface area contributed by atoms with Crippen molar-refractivity contribution in [3.05, 3.63) is 34.7 Å². The third-order valence-electron chi connectivity index (χ3n) is 2.74. The first-order valence-electron chi connectivity index (χ1n) is 5.13. The summed E-state index contributed by atoms with van der Waals surface area (Å²) in [6.07, 6.45) is -2.42. The predicted octanol–water partition coefficient (Wildman–Crippen LogP) is -1.23. The van der Waals surface area contributed by atoms with Gasteiger partial charge in [0.25, 0.3) is 0 Å². The highest BCUT2D eigenvalue weighted by Crippen LogP contribution is 2.31. The van der Waals surface area contributed by atoms with Crippen molar-refractivity contribution in [2.24, 2.45) is 0 Å². The second kappa shape index (κ2) is 4.48. The number of hydrogen-bond donors (Lipinski definition) is 3. The van der Waals surface area contributed by atoms with Gasteiger partial charge in [0.15, 0.2) is 17.9 Å². The minimum absolute atomic E-state index is 0.214. The number of ether oxygens (including phenoxy) is 1. The molecule has 1 fully saturated rings. The van der Waals surface area contributed by atoms with E-state index in [-0.39, 0.29) is 5.57 Å². The molecule has 0 aromatic carbocycles.